The van der Waals surface area contributed by atoms with Crippen LogP contribution >= 0.6 is 12.4 Å². The minimum Gasteiger partial charge on any atom is -0.493 e. The SMILES string of the molecule is CCCCOc1ccc(C(=O)NC2CCCNC2C)cc1OC.Cl. The van der Waals surface area contributed by atoms with Gasteiger partial charge in [0.1, 0.15) is 0 Å². The van der Waals surface area contributed by atoms with E-state index in [1.807, 2.05) is 6.07 Å². The lowest BCUT2D eigenvalue weighted by atomic mass is 9.99. The van der Waals surface area contributed by atoms with Crippen molar-refractivity contribution in [1.82, 2.24) is 10.6 Å². The van der Waals surface area contributed by atoms with Crippen molar-refractivity contribution in [2.24, 2.45) is 0 Å². The number of amides is 1. The number of methoxy groups -OCH3 is 1. The van der Waals surface area contributed by atoms with Gasteiger partial charge in [-0.25, -0.2) is 0 Å². The molecule has 1 aromatic rings. The molecule has 6 heteroatoms. The minimum atomic E-state index is -0.0658. The lowest BCUT2D eigenvalue weighted by Gasteiger charge is -2.30. The van der Waals surface area contributed by atoms with Crippen molar-refractivity contribution in [3.8, 4) is 11.5 Å². The molecule has 0 spiro atoms. The summed E-state index contributed by atoms with van der Waals surface area (Å²) in [5, 5.41) is 6.50. The standard InChI is InChI=1S/C18H28N2O3.ClH/c1-4-5-11-23-16-9-8-14(12-17(16)22-3)18(21)20-15-7-6-10-19-13(15)2;/h8-9,12-13,15,19H,4-7,10-11H2,1-3H3,(H,20,21);1H. The number of carbonyl (C=O) groups is 1. The van der Waals surface area contributed by atoms with Gasteiger partial charge in [0.2, 0.25) is 0 Å². The number of hydrogen-bond acceptors (Lipinski definition) is 4. The Balaban J connectivity index is 0.00000288. The van der Waals surface area contributed by atoms with Gasteiger partial charge in [-0.15, -0.1) is 12.4 Å². The lowest BCUT2D eigenvalue weighted by molar-refractivity contribution is 0.0919. The highest BCUT2D eigenvalue weighted by molar-refractivity contribution is 5.95. The summed E-state index contributed by atoms with van der Waals surface area (Å²) in [7, 11) is 1.59. The molecule has 2 unspecified atom stereocenters. The predicted molar refractivity (Wildman–Crippen MR) is 98.6 cm³/mol. The third kappa shape index (κ3) is 5.56. The maximum Gasteiger partial charge on any atom is 0.251 e. The van der Waals surface area contributed by atoms with Crippen LogP contribution in [0.25, 0.3) is 0 Å². The average molecular weight is 357 g/mol. The summed E-state index contributed by atoms with van der Waals surface area (Å²) < 4.78 is 11.1. The normalized spacial score (nSPS) is 20.0. The van der Waals surface area contributed by atoms with Gasteiger partial charge in [0.05, 0.1) is 13.7 Å². The number of halogens is 1. The van der Waals surface area contributed by atoms with Gasteiger partial charge in [-0.1, -0.05) is 13.3 Å². The number of benzene rings is 1. The first kappa shape index (κ1) is 20.6. The van der Waals surface area contributed by atoms with Crippen molar-refractivity contribution in [3.63, 3.8) is 0 Å². The molecule has 1 saturated heterocycles. The Labute approximate surface area is 150 Å². The first-order valence-electron chi connectivity index (χ1n) is 8.50. The van der Waals surface area contributed by atoms with Crippen molar-refractivity contribution in [3.05, 3.63) is 23.8 Å². The van der Waals surface area contributed by atoms with Crippen molar-refractivity contribution in [2.75, 3.05) is 20.3 Å². The quantitative estimate of drug-likeness (QED) is 0.737. The van der Waals surface area contributed by atoms with Crippen LogP contribution in [0, 0.1) is 0 Å². The summed E-state index contributed by atoms with van der Waals surface area (Å²) >= 11 is 0. The number of hydrogen-bond donors (Lipinski definition) is 2. The van der Waals surface area contributed by atoms with Crippen LogP contribution in [-0.2, 0) is 0 Å². The fourth-order valence-corrected chi connectivity index (χ4v) is 2.75. The molecule has 0 aliphatic carbocycles. The van der Waals surface area contributed by atoms with E-state index in [0.717, 1.165) is 32.2 Å². The van der Waals surface area contributed by atoms with Crippen LogP contribution in [0.1, 0.15) is 49.9 Å². The number of unbranched alkanes of at least 4 members (excludes halogenated alkanes) is 1. The summed E-state index contributed by atoms with van der Waals surface area (Å²) in [6.45, 7) is 5.90. The van der Waals surface area contributed by atoms with Crippen LogP contribution in [0.5, 0.6) is 11.5 Å². The van der Waals surface area contributed by atoms with Gasteiger partial charge < -0.3 is 20.1 Å². The monoisotopic (exact) mass is 356 g/mol. The van der Waals surface area contributed by atoms with Gasteiger partial charge in [-0.2, -0.15) is 0 Å². The Hall–Kier alpha value is -1.46. The number of carbonyl (C=O) groups excluding carboxylic acids is 1. The fraction of sp³-hybridized carbons (Fsp3) is 0.611. The highest BCUT2D eigenvalue weighted by Gasteiger charge is 2.23. The van der Waals surface area contributed by atoms with Crippen molar-refractivity contribution in [2.45, 2.75) is 51.6 Å². The Kier molecular flexibility index (Phi) is 8.93. The van der Waals surface area contributed by atoms with Gasteiger partial charge in [-0.3, -0.25) is 4.79 Å². The third-order valence-electron chi connectivity index (χ3n) is 4.26. The number of ether oxygens (including phenoxy) is 2. The molecule has 1 heterocycles. The van der Waals surface area contributed by atoms with E-state index in [1.165, 1.54) is 0 Å². The largest absolute Gasteiger partial charge is 0.493 e. The molecule has 1 aliphatic rings. The second-order valence-electron chi connectivity index (χ2n) is 6.03. The van der Waals surface area contributed by atoms with Crippen LogP contribution in [0.2, 0.25) is 0 Å². The summed E-state index contributed by atoms with van der Waals surface area (Å²) in [5.74, 6) is 1.22. The van der Waals surface area contributed by atoms with Crippen molar-refractivity contribution >= 4 is 18.3 Å². The Bertz CT molecular complexity index is 525. The van der Waals surface area contributed by atoms with Gasteiger partial charge in [0.15, 0.2) is 11.5 Å². The zero-order valence-corrected chi connectivity index (χ0v) is 15.6. The number of nitrogens with one attached hydrogen (secondary N) is 2. The molecule has 5 nitrogen and oxygen atoms in total. The van der Waals surface area contributed by atoms with Gasteiger partial charge in [0.25, 0.3) is 5.91 Å². The van der Waals surface area contributed by atoms with E-state index in [1.54, 1.807) is 19.2 Å². The molecule has 0 saturated carbocycles. The summed E-state index contributed by atoms with van der Waals surface area (Å²) in [4.78, 5) is 12.5. The molecule has 2 rings (SSSR count). The van der Waals surface area contributed by atoms with Gasteiger partial charge in [0, 0.05) is 17.6 Å². The smallest absolute Gasteiger partial charge is 0.251 e. The van der Waals surface area contributed by atoms with Crippen LogP contribution in [0.4, 0.5) is 0 Å². The zero-order valence-electron chi connectivity index (χ0n) is 14.8. The molecule has 136 valence electrons. The van der Waals surface area contributed by atoms with E-state index in [4.69, 9.17) is 9.47 Å². The van der Waals surface area contributed by atoms with E-state index in [-0.39, 0.29) is 24.4 Å². The van der Waals surface area contributed by atoms with Gasteiger partial charge >= 0.3 is 0 Å². The highest BCUT2D eigenvalue weighted by Crippen LogP contribution is 2.28. The van der Waals surface area contributed by atoms with E-state index >= 15 is 0 Å². The molecular weight excluding hydrogens is 328 g/mol. The lowest BCUT2D eigenvalue weighted by Crippen LogP contribution is -2.51. The van der Waals surface area contributed by atoms with Crippen LogP contribution < -0.4 is 20.1 Å². The molecule has 1 aliphatic heterocycles. The molecule has 0 bridgehead atoms. The van der Waals surface area contributed by atoms with E-state index in [2.05, 4.69) is 24.5 Å². The molecule has 2 N–H and O–H groups in total. The Morgan fingerprint density at radius 3 is 2.83 bits per heavy atom. The fourth-order valence-electron chi connectivity index (χ4n) is 2.75. The van der Waals surface area contributed by atoms with Crippen molar-refractivity contribution in [1.29, 1.82) is 0 Å². The van der Waals surface area contributed by atoms with Crippen LogP contribution in [-0.4, -0.2) is 38.3 Å². The molecule has 0 aromatic heterocycles. The van der Waals surface area contributed by atoms with E-state index < -0.39 is 0 Å². The molecule has 1 aromatic carbocycles. The summed E-state index contributed by atoms with van der Waals surface area (Å²) in [6.07, 6.45) is 4.17. The molecule has 2 atom stereocenters. The molecule has 24 heavy (non-hydrogen) atoms. The minimum absolute atomic E-state index is 0. The molecular formula is C18H29ClN2O3. The predicted octanol–water partition coefficient (Wildman–Crippen LogP) is 3.17. The molecule has 0 radical (unpaired) electrons. The molecule has 1 fully saturated rings. The van der Waals surface area contributed by atoms with Crippen LogP contribution in [0.15, 0.2) is 18.2 Å². The van der Waals surface area contributed by atoms with E-state index in [0.29, 0.717) is 29.7 Å². The first-order chi connectivity index (χ1) is 11.2. The second-order valence-corrected chi connectivity index (χ2v) is 6.03. The van der Waals surface area contributed by atoms with Crippen molar-refractivity contribution < 1.29 is 14.3 Å². The average Bonchev–Trinajstić information content (AvgIpc) is 2.57. The highest BCUT2D eigenvalue weighted by atomic mass is 35.5. The van der Waals surface area contributed by atoms with Gasteiger partial charge in [-0.05, 0) is 50.9 Å². The topological polar surface area (TPSA) is 59.6 Å². The van der Waals surface area contributed by atoms with E-state index in [9.17, 15) is 4.79 Å². The number of piperidine rings is 1. The number of rotatable bonds is 7. The molecule has 1 amide bonds. The summed E-state index contributed by atoms with van der Waals surface area (Å²) in [5.41, 5.74) is 0.600. The Morgan fingerprint density at radius 2 is 2.17 bits per heavy atom. The first-order valence-corrected chi connectivity index (χ1v) is 8.50. The second kappa shape index (κ2) is 10.4. The van der Waals surface area contributed by atoms with Crippen LogP contribution in [0.3, 0.4) is 0 Å². The maximum absolute atomic E-state index is 12.5. The summed E-state index contributed by atoms with van der Waals surface area (Å²) in [6, 6.07) is 5.82. The zero-order chi connectivity index (χ0) is 16.7. The maximum atomic E-state index is 12.5. The Morgan fingerprint density at radius 1 is 1.38 bits per heavy atom. The third-order valence-corrected chi connectivity index (χ3v) is 4.26.